The highest BCUT2D eigenvalue weighted by atomic mass is 16.6. The Bertz CT molecular complexity index is 513. The molecule has 0 aromatic heterocycles. The van der Waals surface area contributed by atoms with E-state index in [0.717, 1.165) is 19.3 Å². The average Bonchev–Trinajstić information content (AvgIpc) is 2.74. The van der Waals surface area contributed by atoms with Crippen molar-refractivity contribution in [2.24, 2.45) is 5.92 Å². The van der Waals surface area contributed by atoms with E-state index in [2.05, 4.69) is 12.2 Å². The molecule has 1 aromatic carbocycles. The van der Waals surface area contributed by atoms with E-state index < -0.39 is 4.92 Å². The molecule has 0 heterocycles. The van der Waals surface area contributed by atoms with Gasteiger partial charge in [-0.1, -0.05) is 6.92 Å². The van der Waals surface area contributed by atoms with Gasteiger partial charge in [-0.3, -0.25) is 14.9 Å². The van der Waals surface area contributed by atoms with Gasteiger partial charge in [0.25, 0.3) is 5.69 Å². The lowest BCUT2D eigenvalue weighted by atomic mass is 10.1. The molecule has 1 aliphatic carbocycles. The van der Waals surface area contributed by atoms with Crippen LogP contribution in [-0.2, 0) is 0 Å². The van der Waals surface area contributed by atoms with Crippen LogP contribution in [0.2, 0.25) is 0 Å². The summed E-state index contributed by atoms with van der Waals surface area (Å²) in [7, 11) is 0. The number of nitrogens with one attached hydrogen (secondary N) is 1. The maximum Gasteiger partial charge on any atom is 0.293 e. The second-order valence-electron chi connectivity index (χ2n) is 5.30. The number of ketones is 1. The van der Waals surface area contributed by atoms with Gasteiger partial charge in [0, 0.05) is 17.7 Å². The van der Waals surface area contributed by atoms with E-state index >= 15 is 0 Å². The SMILES string of the molecule is CC(=O)c1ccc(NC2CCC(C)C2)c([N+](=O)[O-])c1. The van der Waals surface area contributed by atoms with Crippen LogP contribution in [0.3, 0.4) is 0 Å². The number of carbonyl (C=O) groups is 1. The standard InChI is InChI=1S/C14H18N2O3/c1-9-3-5-12(7-9)15-13-6-4-11(10(2)17)8-14(13)16(18)19/h4,6,8-9,12,15H,3,5,7H2,1-2H3. The zero-order chi connectivity index (χ0) is 14.0. The van der Waals surface area contributed by atoms with Crippen molar-refractivity contribution in [3.05, 3.63) is 33.9 Å². The first kappa shape index (κ1) is 13.5. The molecule has 5 nitrogen and oxygen atoms in total. The number of nitro groups is 1. The average molecular weight is 262 g/mol. The Balaban J connectivity index is 2.24. The molecule has 1 fully saturated rings. The lowest BCUT2D eigenvalue weighted by Gasteiger charge is -2.14. The number of anilines is 1. The van der Waals surface area contributed by atoms with Crippen molar-refractivity contribution in [3.63, 3.8) is 0 Å². The van der Waals surface area contributed by atoms with Gasteiger partial charge >= 0.3 is 0 Å². The number of nitrogens with zero attached hydrogens (tertiary/aromatic N) is 1. The van der Waals surface area contributed by atoms with E-state index in [-0.39, 0.29) is 17.5 Å². The number of Topliss-reactive ketones (excluding diaryl/α,β-unsaturated/α-hetero) is 1. The molecule has 0 spiro atoms. The Morgan fingerprint density at radius 2 is 2.16 bits per heavy atom. The Morgan fingerprint density at radius 3 is 2.68 bits per heavy atom. The summed E-state index contributed by atoms with van der Waals surface area (Å²) in [5.41, 5.74) is 0.860. The molecule has 1 aromatic rings. The number of hydrogen-bond donors (Lipinski definition) is 1. The fraction of sp³-hybridized carbons (Fsp3) is 0.500. The van der Waals surface area contributed by atoms with E-state index in [1.807, 2.05) is 0 Å². The molecule has 1 N–H and O–H groups in total. The molecule has 0 radical (unpaired) electrons. The van der Waals surface area contributed by atoms with Crippen LogP contribution < -0.4 is 5.32 Å². The minimum Gasteiger partial charge on any atom is -0.377 e. The summed E-state index contributed by atoms with van der Waals surface area (Å²) >= 11 is 0. The molecule has 1 saturated carbocycles. The number of rotatable bonds is 4. The van der Waals surface area contributed by atoms with Crippen LogP contribution in [-0.4, -0.2) is 16.7 Å². The van der Waals surface area contributed by atoms with Crippen molar-refractivity contribution in [1.29, 1.82) is 0 Å². The minimum absolute atomic E-state index is 0.0211. The van der Waals surface area contributed by atoms with Gasteiger partial charge in [-0.25, -0.2) is 0 Å². The third-order valence-corrected chi connectivity index (χ3v) is 3.66. The topological polar surface area (TPSA) is 72.2 Å². The predicted molar refractivity (Wildman–Crippen MR) is 73.5 cm³/mol. The maximum atomic E-state index is 11.3. The maximum absolute atomic E-state index is 11.3. The van der Waals surface area contributed by atoms with Gasteiger partial charge in [0.1, 0.15) is 5.69 Å². The number of hydrogen-bond acceptors (Lipinski definition) is 4. The highest BCUT2D eigenvalue weighted by Crippen LogP contribution is 2.31. The molecule has 102 valence electrons. The van der Waals surface area contributed by atoms with Crippen LogP contribution >= 0.6 is 0 Å². The van der Waals surface area contributed by atoms with Gasteiger partial charge in [0.05, 0.1) is 4.92 Å². The number of carbonyl (C=O) groups excluding carboxylic acids is 1. The summed E-state index contributed by atoms with van der Waals surface area (Å²) in [5.74, 6) is 0.497. The van der Waals surface area contributed by atoms with Gasteiger partial charge in [-0.05, 0) is 44.2 Å². The molecule has 0 saturated heterocycles. The van der Waals surface area contributed by atoms with Crippen molar-refractivity contribution < 1.29 is 9.72 Å². The highest BCUT2D eigenvalue weighted by Gasteiger charge is 2.24. The molecule has 0 amide bonds. The van der Waals surface area contributed by atoms with Crippen molar-refractivity contribution in [2.75, 3.05) is 5.32 Å². The van der Waals surface area contributed by atoms with Crippen LogP contribution in [0.15, 0.2) is 18.2 Å². The molecule has 2 unspecified atom stereocenters. The lowest BCUT2D eigenvalue weighted by Crippen LogP contribution is -2.16. The smallest absolute Gasteiger partial charge is 0.293 e. The van der Waals surface area contributed by atoms with Crippen LogP contribution in [0.5, 0.6) is 0 Å². The summed E-state index contributed by atoms with van der Waals surface area (Å²) in [5, 5.41) is 14.3. The van der Waals surface area contributed by atoms with Crippen LogP contribution in [0.1, 0.15) is 43.5 Å². The Morgan fingerprint density at radius 1 is 1.42 bits per heavy atom. The molecule has 2 rings (SSSR count). The van der Waals surface area contributed by atoms with E-state index in [4.69, 9.17) is 0 Å². The Hall–Kier alpha value is -1.91. The zero-order valence-electron chi connectivity index (χ0n) is 11.2. The molecule has 2 atom stereocenters. The molecule has 19 heavy (non-hydrogen) atoms. The molecular formula is C14H18N2O3. The third kappa shape index (κ3) is 3.10. The predicted octanol–water partition coefficient (Wildman–Crippen LogP) is 3.40. The van der Waals surface area contributed by atoms with Crippen molar-refractivity contribution in [2.45, 2.75) is 39.2 Å². The van der Waals surface area contributed by atoms with Gasteiger partial charge < -0.3 is 5.32 Å². The van der Waals surface area contributed by atoms with E-state index in [9.17, 15) is 14.9 Å². The normalized spacial score (nSPS) is 22.2. The largest absolute Gasteiger partial charge is 0.377 e. The summed E-state index contributed by atoms with van der Waals surface area (Å²) in [4.78, 5) is 21.9. The highest BCUT2D eigenvalue weighted by molar-refractivity contribution is 5.95. The third-order valence-electron chi connectivity index (χ3n) is 3.66. The monoisotopic (exact) mass is 262 g/mol. The van der Waals surface area contributed by atoms with E-state index in [1.165, 1.54) is 13.0 Å². The van der Waals surface area contributed by atoms with Crippen molar-refractivity contribution in [1.82, 2.24) is 0 Å². The molecule has 5 heteroatoms. The first-order valence-corrected chi connectivity index (χ1v) is 6.53. The van der Waals surface area contributed by atoms with Crippen LogP contribution in [0, 0.1) is 16.0 Å². The zero-order valence-corrected chi connectivity index (χ0v) is 11.2. The van der Waals surface area contributed by atoms with Gasteiger partial charge in [0.2, 0.25) is 0 Å². The van der Waals surface area contributed by atoms with Crippen LogP contribution in [0.25, 0.3) is 0 Å². The summed E-state index contributed by atoms with van der Waals surface area (Å²) in [6, 6.07) is 4.91. The summed E-state index contributed by atoms with van der Waals surface area (Å²) in [6.45, 7) is 3.60. The first-order valence-electron chi connectivity index (χ1n) is 6.53. The van der Waals surface area contributed by atoms with Crippen molar-refractivity contribution >= 4 is 17.2 Å². The number of benzene rings is 1. The van der Waals surface area contributed by atoms with E-state index in [0.29, 0.717) is 17.2 Å². The van der Waals surface area contributed by atoms with Crippen LogP contribution in [0.4, 0.5) is 11.4 Å². The fourth-order valence-electron chi connectivity index (χ4n) is 2.58. The summed E-state index contributed by atoms with van der Waals surface area (Å²) in [6.07, 6.45) is 3.22. The molecule has 1 aliphatic rings. The summed E-state index contributed by atoms with van der Waals surface area (Å²) < 4.78 is 0. The Labute approximate surface area is 112 Å². The second kappa shape index (κ2) is 5.38. The minimum atomic E-state index is -0.437. The quantitative estimate of drug-likeness (QED) is 0.513. The van der Waals surface area contributed by atoms with Gasteiger partial charge in [-0.2, -0.15) is 0 Å². The lowest BCUT2D eigenvalue weighted by molar-refractivity contribution is -0.384. The first-order chi connectivity index (χ1) is 8.97. The fourth-order valence-corrected chi connectivity index (χ4v) is 2.58. The second-order valence-corrected chi connectivity index (χ2v) is 5.30. The van der Waals surface area contributed by atoms with Gasteiger partial charge in [-0.15, -0.1) is 0 Å². The molecule has 0 aliphatic heterocycles. The molecular weight excluding hydrogens is 244 g/mol. The van der Waals surface area contributed by atoms with E-state index in [1.54, 1.807) is 12.1 Å². The van der Waals surface area contributed by atoms with Crippen molar-refractivity contribution in [3.8, 4) is 0 Å². The Kier molecular flexibility index (Phi) is 3.83. The number of nitro benzene ring substituents is 1. The van der Waals surface area contributed by atoms with Gasteiger partial charge in [0.15, 0.2) is 5.78 Å². The molecule has 0 bridgehead atoms.